The second kappa shape index (κ2) is 7.84. The number of aryl methyl sites for hydroxylation is 1. The summed E-state index contributed by atoms with van der Waals surface area (Å²) in [7, 11) is -2.51. The molecule has 2 aromatic carbocycles. The molecule has 2 aromatic rings. The summed E-state index contributed by atoms with van der Waals surface area (Å²) < 4.78 is 59.0. The van der Waals surface area contributed by atoms with Gasteiger partial charge in [-0.1, -0.05) is 6.07 Å². The number of hydrogen-bond donors (Lipinski definition) is 1. The molecule has 0 saturated carbocycles. The lowest BCUT2D eigenvalue weighted by atomic mass is 10.2. The molecule has 1 atom stereocenters. The molecule has 1 aliphatic rings. The highest BCUT2D eigenvalue weighted by Crippen LogP contribution is 2.30. The number of methoxy groups -OCH3 is 1. The zero-order valence-electron chi connectivity index (χ0n) is 15.4. The van der Waals surface area contributed by atoms with Gasteiger partial charge in [-0.05, 0) is 43.5 Å². The Morgan fingerprint density at radius 3 is 2.61 bits per heavy atom. The van der Waals surface area contributed by atoms with Crippen LogP contribution in [0.4, 0.5) is 14.5 Å². The van der Waals surface area contributed by atoms with Crippen molar-refractivity contribution >= 4 is 21.6 Å². The van der Waals surface area contributed by atoms with Crippen molar-refractivity contribution in [3.63, 3.8) is 0 Å². The minimum Gasteiger partial charge on any atom is -0.497 e. The fourth-order valence-electron chi connectivity index (χ4n) is 3.20. The second-order valence-corrected chi connectivity index (χ2v) is 8.38. The molecule has 1 saturated heterocycles. The number of sulfonamides is 1. The lowest BCUT2D eigenvalue weighted by Crippen LogP contribution is -2.43. The van der Waals surface area contributed by atoms with E-state index in [1.807, 2.05) is 0 Å². The highest BCUT2D eigenvalue weighted by Gasteiger charge is 2.40. The van der Waals surface area contributed by atoms with Gasteiger partial charge in [0, 0.05) is 24.4 Å². The van der Waals surface area contributed by atoms with Gasteiger partial charge < -0.3 is 10.1 Å². The number of hydrogen-bond acceptors (Lipinski definition) is 4. The molecule has 28 heavy (non-hydrogen) atoms. The number of rotatable bonds is 5. The highest BCUT2D eigenvalue weighted by atomic mass is 32.2. The number of ether oxygens (including phenoxy) is 1. The van der Waals surface area contributed by atoms with Gasteiger partial charge in [0.1, 0.15) is 11.8 Å². The predicted octanol–water partition coefficient (Wildman–Crippen LogP) is 3.07. The maximum Gasteiger partial charge on any atom is 0.244 e. The molecular formula is C19H20F2N2O4S. The average Bonchev–Trinajstić information content (AvgIpc) is 3.16. The maximum absolute atomic E-state index is 13.4. The maximum atomic E-state index is 13.4. The Kier molecular flexibility index (Phi) is 5.66. The summed E-state index contributed by atoms with van der Waals surface area (Å²) in [6.45, 7) is 1.85. The Morgan fingerprint density at radius 2 is 1.93 bits per heavy atom. The lowest BCUT2D eigenvalue weighted by molar-refractivity contribution is -0.119. The first-order valence-electron chi connectivity index (χ1n) is 8.66. The van der Waals surface area contributed by atoms with Gasteiger partial charge in [0.15, 0.2) is 11.6 Å². The van der Waals surface area contributed by atoms with Gasteiger partial charge in [0.05, 0.1) is 12.0 Å². The van der Waals surface area contributed by atoms with E-state index in [0.717, 1.165) is 16.4 Å². The largest absolute Gasteiger partial charge is 0.497 e. The molecule has 9 heteroatoms. The van der Waals surface area contributed by atoms with Crippen molar-refractivity contribution in [3.8, 4) is 5.75 Å². The number of anilines is 1. The topological polar surface area (TPSA) is 75.7 Å². The van der Waals surface area contributed by atoms with Gasteiger partial charge >= 0.3 is 0 Å². The summed E-state index contributed by atoms with van der Waals surface area (Å²) in [5.74, 6) is -2.32. The van der Waals surface area contributed by atoms with Crippen LogP contribution in [0.1, 0.15) is 18.4 Å². The molecule has 1 aliphatic heterocycles. The van der Waals surface area contributed by atoms with Crippen molar-refractivity contribution in [2.45, 2.75) is 30.7 Å². The number of carbonyl (C=O) groups excluding carboxylic acids is 1. The molecule has 150 valence electrons. The van der Waals surface area contributed by atoms with Crippen molar-refractivity contribution in [1.82, 2.24) is 4.31 Å². The van der Waals surface area contributed by atoms with Gasteiger partial charge in [0.2, 0.25) is 15.9 Å². The van der Waals surface area contributed by atoms with Crippen molar-refractivity contribution in [3.05, 3.63) is 53.6 Å². The van der Waals surface area contributed by atoms with E-state index in [-0.39, 0.29) is 17.1 Å². The van der Waals surface area contributed by atoms with E-state index in [0.29, 0.717) is 24.2 Å². The first-order valence-corrected chi connectivity index (χ1v) is 10.1. The van der Waals surface area contributed by atoms with E-state index in [1.165, 1.54) is 19.2 Å². The molecule has 1 fully saturated rings. The molecule has 0 aromatic heterocycles. The standard InChI is InChI=1S/C19H20F2N2O4S/c1-12-5-7-14(27-2)11-18(12)28(25,26)23-9-3-4-17(23)19(24)22-13-6-8-15(20)16(21)10-13/h5-8,10-11,17H,3-4,9H2,1-2H3,(H,22,24). The number of amides is 1. The van der Waals surface area contributed by atoms with Crippen LogP contribution in [0.3, 0.4) is 0 Å². The molecule has 1 heterocycles. The van der Waals surface area contributed by atoms with Crippen LogP contribution in [-0.2, 0) is 14.8 Å². The van der Waals surface area contributed by atoms with Crippen molar-refractivity contribution < 1.29 is 26.7 Å². The van der Waals surface area contributed by atoms with Crippen molar-refractivity contribution in [1.29, 1.82) is 0 Å². The summed E-state index contributed by atoms with van der Waals surface area (Å²) in [5, 5.41) is 2.47. The SMILES string of the molecule is COc1ccc(C)c(S(=O)(=O)N2CCCC2C(=O)Nc2ccc(F)c(F)c2)c1. The summed E-state index contributed by atoms with van der Waals surface area (Å²) >= 11 is 0. The van der Waals surface area contributed by atoms with Crippen LogP contribution in [0, 0.1) is 18.6 Å². The van der Waals surface area contributed by atoms with E-state index >= 15 is 0 Å². The molecular weight excluding hydrogens is 390 g/mol. The van der Waals surface area contributed by atoms with E-state index in [1.54, 1.807) is 19.1 Å². The van der Waals surface area contributed by atoms with Crippen molar-refractivity contribution in [2.24, 2.45) is 0 Å². The number of nitrogens with zero attached hydrogens (tertiary/aromatic N) is 1. The average molecular weight is 410 g/mol. The summed E-state index contributed by atoms with van der Waals surface area (Å²) in [5.41, 5.74) is 0.596. The van der Waals surface area contributed by atoms with Crippen LogP contribution in [0.2, 0.25) is 0 Å². The Balaban J connectivity index is 1.87. The normalized spacial score (nSPS) is 17.5. The van der Waals surface area contributed by atoms with Gasteiger partial charge in [-0.25, -0.2) is 17.2 Å². The fourth-order valence-corrected chi connectivity index (χ4v) is 5.10. The Labute approximate surface area is 162 Å². The van der Waals surface area contributed by atoms with Gasteiger partial charge in [0.25, 0.3) is 0 Å². The third kappa shape index (κ3) is 3.85. The van der Waals surface area contributed by atoms with Gasteiger partial charge in [-0.2, -0.15) is 4.31 Å². The number of nitrogens with one attached hydrogen (secondary N) is 1. The Morgan fingerprint density at radius 1 is 1.18 bits per heavy atom. The van der Waals surface area contributed by atoms with Crippen LogP contribution < -0.4 is 10.1 Å². The number of carbonyl (C=O) groups is 1. The van der Waals surface area contributed by atoms with E-state index in [4.69, 9.17) is 4.74 Å². The van der Waals surface area contributed by atoms with Crippen LogP contribution in [0.5, 0.6) is 5.75 Å². The quantitative estimate of drug-likeness (QED) is 0.822. The van der Waals surface area contributed by atoms with Crippen molar-refractivity contribution in [2.75, 3.05) is 19.0 Å². The van der Waals surface area contributed by atoms with Gasteiger partial charge in [-0.3, -0.25) is 4.79 Å². The molecule has 1 unspecified atom stereocenters. The van der Waals surface area contributed by atoms with Crippen LogP contribution in [0.15, 0.2) is 41.3 Å². The molecule has 3 rings (SSSR count). The monoisotopic (exact) mass is 410 g/mol. The second-order valence-electron chi connectivity index (χ2n) is 6.52. The number of benzene rings is 2. The number of halogens is 2. The Hall–Kier alpha value is -2.52. The van der Waals surface area contributed by atoms with E-state index < -0.39 is 33.6 Å². The molecule has 0 spiro atoms. The molecule has 6 nitrogen and oxygen atoms in total. The van der Waals surface area contributed by atoms with Crippen LogP contribution in [-0.4, -0.2) is 38.3 Å². The van der Waals surface area contributed by atoms with Crippen LogP contribution in [0.25, 0.3) is 0 Å². The summed E-state index contributed by atoms with van der Waals surface area (Å²) in [6.07, 6.45) is 0.843. The molecule has 1 amide bonds. The fraction of sp³-hybridized carbons (Fsp3) is 0.316. The Bertz CT molecular complexity index is 1010. The molecule has 1 N–H and O–H groups in total. The van der Waals surface area contributed by atoms with Gasteiger partial charge in [-0.15, -0.1) is 0 Å². The molecule has 0 bridgehead atoms. The zero-order chi connectivity index (χ0) is 20.5. The lowest BCUT2D eigenvalue weighted by Gasteiger charge is -2.24. The van der Waals surface area contributed by atoms with E-state index in [9.17, 15) is 22.0 Å². The van der Waals surface area contributed by atoms with Crippen LogP contribution >= 0.6 is 0 Å². The summed E-state index contributed by atoms with van der Waals surface area (Å²) in [4.78, 5) is 12.7. The first kappa shape index (κ1) is 20.2. The third-order valence-corrected chi connectivity index (χ3v) is 6.73. The smallest absolute Gasteiger partial charge is 0.244 e. The molecule has 0 radical (unpaired) electrons. The first-order chi connectivity index (χ1) is 13.2. The highest BCUT2D eigenvalue weighted by molar-refractivity contribution is 7.89. The molecule has 0 aliphatic carbocycles. The van der Waals surface area contributed by atoms with E-state index in [2.05, 4.69) is 5.32 Å². The minimum absolute atomic E-state index is 0.0608. The predicted molar refractivity (Wildman–Crippen MR) is 99.6 cm³/mol. The zero-order valence-corrected chi connectivity index (χ0v) is 16.2. The summed E-state index contributed by atoms with van der Waals surface area (Å²) in [6, 6.07) is 6.75. The third-order valence-electron chi connectivity index (χ3n) is 4.68. The minimum atomic E-state index is -3.94.